The number of rotatable bonds is 7. The van der Waals surface area contributed by atoms with Crippen LogP contribution in [-0.4, -0.2) is 25.7 Å². The Morgan fingerprint density at radius 2 is 1.96 bits per heavy atom. The van der Waals surface area contributed by atoms with E-state index in [1.54, 1.807) is 43.5 Å². The molecule has 6 heteroatoms. The Labute approximate surface area is 170 Å². The number of hydrogen-bond acceptors (Lipinski definition) is 3. The smallest absolute Gasteiger partial charge is 0.235 e. The van der Waals surface area contributed by atoms with Gasteiger partial charge in [-0.1, -0.05) is 42.6 Å². The highest BCUT2D eigenvalue weighted by molar-refractivity contribution is 6.32. The van der Waals surface area contributed by atoms with E-state index >= 15 is 0 Å². The first-order valence-electron chi connectivity index (χ1n) is 9.48. The topological polar surface area (TPSA) is 47.6 Å². The molecule has 0 heterocycles. The Balaban J connectivity index is 1.80. The number of amides is 1. The average Bonchev–Trinajstić information content (AvgIpc) is 3.15. The summed E-state index contributed by atoms with van der Waals surface area (Å²) in [5.74, 6) is -0.0186. The highest BCUT2D eigenvalue weighted by atomic mass is 35.5. The summed E-state index contributed by atoms with van der Waals surface area (Å²) < 4.78 is 25.2. The van der Waals surface area contributed by atoms with Gasteiger partial charge in [0, 0.05) is 18.4 Å². The van der Waals surface area contributed by atoms with Gasteiger partial charge in [0.1, 0.15) is 17.7 Å². The van der Waals surface area contributed by atoms with Crippen LogP contribution >= 0.6 is 11.6 Å². The minimum absolute atomic E-state index is 0.147. The molecule has 150 valence electrons. The van der Waals surface area contributed by atoms with Crippen LogP contribution < -0.4 is 10.1 Å². The predicted molar refractivity (Wildman–Crippen MR) is 109 cm³/mol. The van der Waals surface area contributed by atoms with Crippen molar-refractivity contribution in [3.8, 4) is 5.75 Å². The Hall–Kier alpha value is -2.11. The molecule has 0 radical (unpaired) electrons. The number of anilines is 1. The Kier molecular flexibility index (Phi) is 6.57. The van der Waals surface area contributed by atoms with E-state index in [-0.39, 0.29) is 17.8 Å². The zero-order valence-electron chi connectivity index (χ0n) is 16.1. The number of nitrogens with one attached hydrogen (secondary N) is 1. The largest absolute Gasteiger partial charge is 0.487 e. The van der Waals surface area contributed by atoms with Crippen LogP contribution in [0.5, 0.6) is 5.75 Å². The first kappa shape index (κ1) is 20.6. The van der Waals surface area contributed by atoms with E-state index in [0.29, 0.717) is 41.5 Å². The number of carbonyl (C=O) groups excluding carboxylic acids is 1. The maximum atomic E-state index is 14.5. The van der Waals surface area contributed by atoms with E-state index in [4.69, 9.17) is 21.1 Å². The van der Waals surface area contributed by atoms with Crippen LogP contribution in [0.1, 0.15) is 38.2 Å². The molecule has 2 aromatic carbocycles. The lowest BCUT2D eigenvalue weighted by Gasteiger charge is -2.28. The molecule has 1 fully saturated rings. The van der Waals surface area contributed by atoms with Gasteiger partial charge in [0.15, 0.2) is 0 Å². The molecule has 0 aliphatic heterocycles. The van der Waals surface area contributed by atoms with Gasteiger partial charge < -0.3 is 14.8 Å². The zero-order chi connectivity index (χ0) is 20.1. The van der Waals surface area contributed by atoms with E-state index in [2.05, 4.69) is 5.32 Å². The third-order valence-electron chi connectivity index (χ3n) is 5.20. The van der Waals surface area contributed by atoms with Crippen LogP contribution in [0.3, 0.4) is 0 Å². The van der Waals surface area contributed by atoms with Crippen LogP contribution in [0, 0.1) is 5.82 Å². The highest BCUT2D eigenvalue weighted by Gasteiger charge is 2.44. The maximum absolute atomic E-state index is 14.5. The Bertz CT molecular complexity index is 836. The summed E-state index contributed by atoms with van der Waals surface area (Å²) >= 11 is 6.32. The lowest BCUT2D eigenvalue weighted by atomic mass is 9.77. The van der Waals surface area contributed by atoms with Crippen molar-refractivity contribution in [3.63, 3.8) is 0 Å². The summed E-state index contributed by atoms with van der Waals surface area (Å²) in [7, 11) is 1.61. The van der Waals surface area contributed by atoms with Gasteiger partial charge >= 0.3 is 0 Å². The second kappa shape index (κ2) is 8.93. The van der Waals surface area contributed by atoms with Gasteiger partial charge in [0.05, 0.1) is 17.0 Å². The van der Waals surface area contributed by atoms with Crippen molar-refractivity contribution in [2.24, 2.45) is 0 Å². The molecule has 28 heavy (non-hydrogen) atoms. The van der Waals surface area contributed by atoms with Crippen LogP contribution in [0.15, 0.2) is 42.5 Å². The molecule has 0 spiro atoms. The molecule has 0 bridgehead atoms. The fourth-order valence-electron chi connectivity index (χ4n) is 3.86. The monoisotopic (exact) mass is 405 g/mol. The second-order valence-electron chi connectivity index (χ2n) is 7.25. The van der Waals surface area contributed by atoms with Crippen molar-refractivity contribution >= 4 is 23.2 Å². The van der Waals surface area contributed by atoms with Gasteiger partial charge in [-0.15, -0.1) is 0 Å². The SMILES string of the molecule is COCC(C)Oc1ccc(NC(=O)C2(c3ccccc3F)CCCC2)cc1Cl. The molecule has 1 atom stereocenters. The lowest BCUT2D eigenvalue weighted by molar-refractivity contribution is -0.121. The van der Waals surface area contributed by atoms with Crippen molar-refractivity contribution in [1.29, 1.82) is 0 Å². The van der Waals surface area contributed by atoms with E-state index in [0.717, 1.165) is 12.8 Å². The first-order chi connectivity index (χ1) is 13.5. The van der Waals surface area contributed by atoms with Crippen molar-refractivity contribution in [3.05, 3.63) is 58.9 Å². The van der Waals surface area contributed by atoms with E-state index in [9.17, 15) is 9.18 Å². The summed E-state index contributed by atoms with van der Waals surface area (Å²) in [5, 5.41) is 3.32. The molecular formula is C22H25ClFNO3. The van der Waals surface area contributed by atoms with E-state index in [1.807, 2.05) is 6.92 Å². The van der Waals surface area contributed by atoms with E-state index < -0.39 is 5.41 Å². The molecule has 1 N–H and O–H groups in total. The Morgan fingerprint density at radius 3 is 2.61 bits per heavy atom. The predicted octanol–water partition coefficient (Wildman–Crippen LogP) is 5.34. The number of methoxy groups -OCH3 is 1. The van der Waals surface area contributed by atoms with Gasteiger partial charge in [-0.25, -0.2) is 4.39 Å². The third kappa shape index (κ3) is 4.31. The first-order valence-corrected chi connectivity index (χ1v) is 9.85. The van der Waals surface area contributed by atoms with Crippen molar-refractivity contribution in [2.75, 3.05) is 19.0 Å². The quantitative estimate of drug-likeness (QED) is 0.676. The van der Waals surface area contributed by atoms with Crippen molar-refractivity contribution < 1.29 is 18.7 Å². The minimum atomic E-state index is -0.847. The molecule has 1 amide bonds. The van der Waals surface area contributed by atoms with Crippen LogP contribution in [0.2, 0.25) is 5.02 Å². The summed E-state index contributed by atoms with van der Waals surface area (Å²) in [6.07, 6.45) is 2.90. The molecule has 1 saturated carbocycles. The van der Waals surface area contributed by atoms with Crippen molar-refractivity contribution in [1.82, 2.24) is 0 Å². The van der Waals surface area contributed by atoms with Crippen LogP contribution in [-0.2, 0) is 14.9 Å². The number of halogens is 2. The molecule has 4 nitrogen and oxygen atoms in total. The molecule has 1 unspecified atom stereocenters. The van der Waals surface area contributed by atoms with Gasteiger partial charge in [-0.2, -0.15) is 0 Å². The zero-order valence-corrected chi connectivity index (χ0v) is 16.9. The number of benzene rings is 2. The Morgan fingerprint density at radius 1 is 1.25 bits per heavy atom. The molecular weight excluding hydrogens is 381 g/mol. The standard InChI is InChI=1S/C22H25ClFNO3/c1-15(14-27-2)28-20-10-9-16(13-18(20)23)25-21(26)22(11-5-6-12-22)17-7-3-4-8-19(17)24/h3-4,7-10,13,15H,5-6,11-12,14H2,1-2H3,(H,25,26). The summed E-state index contributed by atoms with van der Waals surface area (Å²) in [5.41, 5.74) is 0.175. The lowest BCUT2D eigenvalue weighted by Crippen LogP contribution is -2.38. The summed E-state index contributed by atoms with van der Waals surface area (Å²) in [4.78, 5) is 13.2. The highest BCUT2D eigenvalue weighted by Crippen LogP contribution is 2.43. The number of ether oxygens (including phenoxy) is 2. The number of hydrogen-bond donors (Lipinski definition) is 1. The van der Waals surface area contributed by atoms with Crippen LogP contribution in [0.25, 0.3) is 0 Å². The molecule has 1 aliphatic carbocycles. The normalized spacial score (nSPS) is 16.6. The van der Waals surface area contributed by atoms with Gasteiger partial charge in [-0.3, -0.25) is 4.79 Å². The second-order valence-corrected chi connectivity index (χ2v) is 7.66. The molecule has 3 rings (SSSR count). The average molecular weight is 406 g/mol. The van der Waals surface area contributed by atoms with Crippen LogP contribution in [0.4, 0.5) is 10.1 Å². The fourth-order valence-corrected chi connectivity index (χ4v) is 4.08. The van der Waals surface area contributed by atoms with Gasteiger partial charge in [0.25, 0.3) is 0 Å². The minimum Gasteiger partial charge on any atom is -0.487 e. The number of carbonyl (C=O) groups is 1. The molecule has 1 aliphatic rings. The maximum Gasteiger partial charge on any atom is 0.235 e. The van der Waals surface area contributed by atoms with Crippen molar-refractivity contribution in [2.45, 2.75) is 44.1 Å². The molecule has 2 aromatic rings. The fraction of sp³-hybridized carbons (Fsp3) is 0.409. The third-order valence-corrected chi connectivity index (χ3v) is 5.50. The summed E-state index contributed by atoms with van der Waals surface area (Å²) in [6, 6.07) is 11.6. The van der Waals surface area contributed by atoms with Gasteiger partial charge in [-0.05, 0) is 44.0 Å². The molecule has 0 aromatic heterocycles. The van der Waals surface area contributed by atoms with Gasteiger partial charge in [0.2, 0.25) is 5.91 Å². The molecule has 0 saturated heterocycles. The van der Waals surface area contributed by atoms with E-state index in [1.165, 1.54) is 6.07 Å². The summed E-state index contributed by atoms with van der Waals surface area (Å²) in [6.45, 7) is 2.33.